The van der Waals surface area contributed by atoms with E-state index in [2.05, 4.69) is 20.5 Å². The summed E-state index contributed by atoms with van der Waals surface area (Å²) in [6.07, 6.45) is 1.43. The number of imidazole rings is 1. The molecule has 152 valence electrons. The zero-order chi connectivity index (χ0) is 20.9. The predicted octanol–water partition coefficient (Wildman–Crippen LogP) is 4.09. The van der Waals surface area contributed by atoms with E-state index >= 15 is 0 Å². The number of H-pyrrole nitrogens is 1. The number of carbonyl (C=O) groups is 1. The van der Waals surface area contributed by atoms with Crippen LogP contribution in [0.25, 0.3) is 11.0 Å². The normalized spacial score (nSPS) is 11.1. The van der Waals surface area contributed by atoms with E-state index in [9.17, 15) is 4.79 Å². The number of carbonyl (C=O) groups excluding carboxylic acids is 1. The summed E-state index contributed by atoms with van der Waals surface area (Å²) in [7, 11) is 3.04. The lowest BCUT2D eigenvalue weighted by Crippen LogP contribution is -2.17. The summed E-state index contributed by atoms with van der Waals surface area (Å²) in [4.78, 5) is 20.0. The number of furan rings is 1. The highest BCUT2D eigenvalue weighted by atomic mass is 32.2. The van der Waals surface area contributed by atoms with Gasteiger partial charge in [0, 0.05) is 11.6 Å². The Labute approximate surface area is 176 Å². The second-order valence-electron chi connectivity index (χ2n) is 6.12. The SMILES string of the molecule is COc1cc(OC)cc(C(=O)N/N=C\c2ccc(Sc3nc4ccccc4[nH]3)o2)c1. The number of hydrogen-bond acceptors (Lipinski definition) is 7. The van der Waals surface area contributed by atoms with E-state index in [1.165, 1.54) is 32.2 Å². The maximum atomic E-state index is 12.3. The van der Waals surface area contributed by atoms with Crippen molar-refractivity contribution in [2.45, 2.75) is 10.2 Å². The van der Waals surface area contributed by atoms with Crippen LogP contribution in [0.15, 0.2) is 74.4 Å². The molecule has 0 unspecified atom stereocenters. The van der Waals surface area contributed by atoms with Gasteiger partial charge < -0.3 is 18.9 Å². The molecule has 0 aliphatic heterocycles. The van der Waals surface area contributed by atoms with Gasteiger partial charge in [-0.05, 0) is 48.2 Å². The molecule has 2 aromatic carbocycles. The second kappa shape index (κ2) is 8.75. The average molecular weight is 422 g/mol. The molecule has 0 aliphatic carbocycles. The molecule has 8 nitrogen and oxygen atoms in total. The average Bonchev–Trinajstić information content (AvgIpc) is 3.39. The monoisotopic (exact) mass is 422 g/mol. The van der Waals surface area contributed by atoms with Crippen LogP contribution in [0.4, 0.5) is 0 Å². The summed E-state index contributed by atoms with van der Waals surface area (Å²) < 4.78 is 16.0. The highest BCUT2D eigenvalue weighted by Crippen LogP contribution is 2.28. The molecule has 0 saturated carbocycles. The van der Waals surface area contributed by atoms with Gasteiger partial charge in [0.15, 0.2) is 10.2 Å². The number of hydrogen-bond donors (Lipinski definition) is 2. The summed E-state index contributed by atoms with van der Waals surface area (Å²) >= 11 is 1.37. The van der Waals surface area contributed by atoms with Gasteiger partial charge in [-0.2, -0.15) is 5.10 Å². The Balaban J connectivity index is 1.39. The minimum absolute atomic E-state index is 0.365. The quantitative estimate of drug-likeness (QED) is 0.344. The number of fused-ring (bicyclic) bond motifs is 1. The molecule has 4 rings (SSSR count). The third-order valence-corrected chi connectivity index (χ3v) is 4.95. The number of nitrogens with zero attached hydrogens (tertiary/aromatic N) is 2. The van der Waals surface area contributed by atoms with Gasteiger partial charge in [0.25, 0.3) is 5.91 Å². The molecule has 2 aromatic heterocycles. The molecule has 0 fully saturated rings. The van der Waals surface area contributed by atoms with E-state index < -0.39 is 5.91 Å². The Morgan fingerprint density at radius 2 is 1.90 bits per heavy atom. The molecule has 0 saturated heterocycles. The first kappa shape index (κ1) is 19.6. The van der Waals surface area contributed by atoms with Crippen molar-refractivity contribution in [1.29, 1.82) is 0 Å². The molecule has 0 atom stereocenters. The van der Waals surface area contributed by atoms with E-state index in [0.717, 1.165) is 16.2 Å². The fourth-order valence-corrected chi connectivity index (χ4v) is 3.46. The van der Waals surface area contributed by atoms with Crippen molar-refractivity contribution < 1.29 is 18.7 Å². The molecule has 9 heteroatoms. The maximum Gasteiger partial charge on any atom is 0.271 e. The molecule has 2 N–H and O–H groups in total. The highest BCUT2D eigenvalue weighted by Gasteiger charge is 2.10. The Kier molecular flexibility index (Phi) is 5.71. The number of ether oxygens (including phenoxy) is 2. The van der Waals surface area contributed by atoms with Gasteiger partial charge in [-0.15, -0.1) is 0 Å². The fraction of sp³-hybridized carbons (Fsp3) is 0.0952. The molecule has 0 spiro atoms. The fourth-order valence-electron chi connectivity index (χ4n) is 2.69. The second-order valence-corrected chi connectivity index (χ2v) is 7.11. The van der Waals surface area contributed by atoms with Gasteiger partial charge in [0.05, 0.1) is 31.5 Å². The maximum absolute atomic E-state index is 12.3. The minimum atomic E-state index is -0.396. The van der Waals surface area contributed by atoms with Crippen molar-refractivity contribution >= 4 is 34.9 Å². The van der Waals surface area contributed by atoms with Crippen LogP contribution in [0.2, 0.25) is 0 Å². The molecule has 0 radical (unpaired) electrons. The number of rotatable bonds is 7. The standard InChI is InChI=1S/C21H18N4O4S/c1-27-15-9-13(10-16(11-15)28-2)20(26)25-22-12-14-7-8-19(29-14)30-21-23-17-5-3-4-6-18(17)24-21/h3-12H,1-2H3,(H,23,24)(H,25,26)/b22-12-. The van der Waals surface area contributed by atoms with Crippen LogP contribution in [-0.2, 0) is 0 Å². The molecule has 0 aliphatic rings. The number of benzene rings is 2. The summed E-state index contributed by atoms with van der Waals surface area (Å²) in [6, 6.07) is 16.3. The lowest BCUT2D eigenvalue weighted by atomic mass is 10.2. The number of para-hydroxylation sites is 2. The lowest BCUT2D eigenvalue weighted by molar-refractivity contribution is 0.0954. The topological polar surface area (TPSA) is 102 Å². The van der Waals surface area contributed by atoms with Gasteiger partial charge in [-0.3, -0.25) is 4.79 Å². The lowest BCUT2D eigenvalue weighted by Gasteiger charge is -2.07. The third-order valence-electron chi connectivity index (χ3n) is 4.14. The molecule has 4 aromatic rings. The van der Waals surface area contributed by atoms with Crippen LogP contribution in [-0.4, -0.2) is 36.3 Å². The Morgan fingerprint density at radius 1 is 1.13 bits per heavy atom. The first-order chi connectivity index (χ1) is 14.6. The van der Waals surface area contributed by atoms with E-state index in [1.54, 1.807) is 24.3 Å². The highest BCUT2D eigenvalue weighted by molar-refractivity contribution is 7.99. The van der Waals surface area contributed by atoms with E-state index in [-0.39, 0.29) is 0 Å². The number of aromatic amines is 1. The summed E-state index contributed by atoms with van der Waals surface area (Å²) in [5, 5.41) is 5.33. The number of amides is 1. The number of nitrogens with one attached hydrogen (secondary N) is 2. The van der Waals surface area contributed by atoms with Crippen LogP contribution >= 0.6 is 11.8 Å². The van der Waals surface area contributed by atoms with Gasteiger partial charge in [0.1, 0.15) is 17.3 Å². The Hall–Kier alpha value is -3.72. The van der Waals surface area contributed by atoms with Gasteiger partial charge >= 0.3 is 0 Å². The first-order valence-electron chi connectivity index (χ1n) is 8.93. The van der Waals surface area contributed by atoms with Crippen molar-refractivity contribution in [2.75, 3.05) is 14.2 Å². The van der Waals surface area contributed by atoms with E-state index in [0.29, 0.717) is 27.9 Å². The van der Waals surface area contributed by atoms with Crippen molar-refractivity contribution in [3.8, 4) is 11.5 Å². The largest absolute Gasteiger partial charge is 0.497 e. The smallest absolute Gasteiger partial charge is 0.271 e. The van der Waals surface area contributed by atoms with Crippen molar-refractivity contribution in [3.63, 3.8) is 0 Å². The molecule has 2 heterocycles. The zero-order valence-electron chi connectivity index (χ0n) is 16.2. The van der Waals surface area contributed by atoms with Crippen molar-refractivity contribution in [2.24, 2.45) is 5.10 Å². The predicted molar refractivity (Wildman–Crippen MR) is 114 cm³/mol. The molecule has 30 heavy (non-hydrogen) atoms. The number of aromatic nitrogens is 2. The van der Waals surface area contributed by atoms with Crippen LogP contribution in [0.3, 0.4) is 0 Å². The van der Waals surface area contributed by atoms with Crippen LogP contribution in [0, 0.1) is 0 Å². The summed E-state index contributed by atoms with van der Waals surface area (Å²) in [6.45, 7) is 0. The van der Waals surface area contributed by atoms with Gasteiger partial charge in [-0.25, -0.2) is 10.4 Å². The summed E-state index contributed by atoms with van der Waals surface area (Å²) in [5.74, 6) is 1.13. The molecular weight excluding hydrogens is 404 g/mol. The Bertz CT molecular complexity index is 1160. The number of hydrazone groups is 1. The van der Waals surface area contributed by atoms with Gasteiger partial charge in [-0.1, -0.05) is 12.1 Å². The zero-order valence-corrected chi connectivity index (χ0v) is 17.0. The van der Waals surface area contributed by atoms with E-state index in [4.69, 9.17) is 13.9 Å². The Morgan fingerprint density at radius 3 is 2.63 bits per heavy atom. The van der Waals surface area contributed by atoms with Gasteiger partial charge in [0.2, 0.25) is 0 Å². The van der Waals surface area contributed by atoms with Crippen LogP contribution < -0.4 is 14.9 Å². The first-order valence-corrected chi connectivity index (χ1v) is 9.75. The van der Waals surface area contributed by atoms with E-state index in [1.807, 2.05) is 30.3 Å². The molecule has 0 bridgehead atoms. The molecular formula is C21H18N4O4S. The van der Waals surface area contributed by atoms with Crippen LogP contribution in [0.5, 0.6) is 11.5 Å². The number of methoxy groups -OCH3 is 2. The van der Waals surface area contributed by atoms with Crippen LogP contribution in [0.1, 0.15) is 16.1 Å². The molecule has 1 amide bonds. The van der Waals surface area contributed by atoms with Crippen molar-refractivity contribution in [3.05, 3.63) is 65.9 Å². The third kappa shape index (κ3) is 4.47. The van der Waals surface area contributed by atoms with Crippen molar-refractivity contribution in [1.82, 2.24) is 15.4 Å². The minimum Gasteiger partial charge on any atom is -0.497 e. The summed E-state index contributed by atoms with van der Waals surface area (Å²) in [5.41, 5.74) is 4.68.